The van der Waals surface area contributed by atoms with Crippen molar-refractivity contribution in [1.82, 2.24) is 0 Å². The van der Waals surface area contributed by atoms with Crippen molar-refractivity contribution in [2.45, 2.75) is 0 Å². The molecular weight excluding hydrogens is 198 g/mol. The normalized spacial score (nSPS) is 9.73. The number of amides is 1. The number of rotatable bonds is 3. The average Bonchev–Trinajstić information content (AvgIpc) is 2.26. The average molecular weight is 211 g/mol. The van der Waals surface area contributed by atoms with Gasteiger partial charge in [-0.1, -0.05) is 0 Å². The molecule has 1 rings (SSSR count). The fourth-order valence-corrected chi connectivity index (χ4v) is 1.17. The Labute approximate surface area is 87.5 Å². The van der Waals surface area contributed by atoms with Gasteiger partial charge in [-0.25, -0.2) is 4.79 Å². The van der Waals surface area contributed by atoms with Crippen LogP contribution in [0.4, 0.5) is 10.5 Å². The van der Waals surface area contributed by atoms with Crippen LogP contribution in [0.25, 0.3) is 0 Å². The lowest BCUT2D eigenvalue weighted by molar-refractivity contribution is 0.176. The van der Waals surface area contributed by atoms with E-state index in [1.165, 1.54) is 24.1 Å². The number of phenolic OH excluding ortho intramolecular Hbond substituents is 1. The molecule has 15 heavy (non-hydrogen) atoms. The van der Waals surface area contributed by atoms with Crippen LogP contribution in [0.1, 0.15) is 0 Å². The maximum Gasteiger partial charge on any atom is 0.414 e. The summed E-state index contributed by atoms with van der Waals surface area (Å²) >= 11 is 0. The summed E-state index contributed by atoms with van der Waals surface area (Å²) in [4.78, 5) is 12.6. The molecule has 82 valence electrons. The summed E-state index contributed by atoms with van der Waals surface area (Å²) in [5.74, 6) is 0.118. The van der Waals surface area contributed by atoms with E-state index in [1.54, 1.807) is 12.1 Å². The highest BCUT2D eigenvalue weighted by Crippen LogP contribution is 2.18. The molecule has 1 aromatic rings. The predicted octanol–water partition coefficient (Wildman–Crippen LogP) is 0.957. The molecule has 0 aliphatic rings. The van der Waals surface area contributed by atoms with E-state index < -0.39 is 6.09 Å². The van der Waals surface area contributed by atoms with Crippen LogP contribution >= 0.6 is 0 Å². The summed E-state index contributed by atoms with van der Waals surface area (Å²) < 4.78 is 4.56. The maximum atomic E-state index is 11.3. The number of carbonyl (C=O) groups excluding carboxylic acids is 1. The number of aliphatic hydroxyl groups excluding tert-OH is 1. The van der Waals surface area contributed by atoms with Gasteiger partial charge in [-0.05, 0) is 24.3 Å². The van der Waals surface area contributed by atoms with E-state index in [0.717, 1.165) is 0 Å². The molecule has 0 aromatic heterocycles. The number of aliphatic hydroxyl groups is 1. The van der Waals surface area contributed by atoms with Gasteiger partial charge < -0.3 is 14.9 Å². The number of ether oxygens (including phenoxy) is 1. The second kappa shape index (κ2) is 5.21. The highest BCUT2D eigenvalue weighted by Gasteiger charge is 2.14. The van der Waals surface area contributed by atoms with Gasteiger partial charge in [-0.3, -0.25) is 4.90 Å². The first-order chi connectivity index (χ1) is 7.19. The highest BCUT2D eigenvalue weighted by atomic mass is 16.5. The minimum Gasteiger partial charge on any atom is -0.508 e. The third kappa shape index (κ3) is 2.85. The topological polar surface area (TPSA) is 70.0 Å². The summed E-state index contributed by atoms with van der Waals surface area (Å²) in [6.07, 6.45) is -0.547. The minimum atomic E-state index is -0.547. The van der Waals surface area contributed by atoms with Gasteiger partial charge in [0.05, 0.1) is 20.3 Å². The molecule has 1 aromatic carbocycles. The number of phenols is 1. The van der Waals surface area contributed by atoms with E-state index in [0.29, 0.717) is 5.69 Å². The van der Waals surface area contributed by atoms with Crippen LogP contribution in [0.3, 0.4) is 0 Å². The molecule has 0 radical (unpaired) electrons. The number of methoxy groups -OCH3 is 1. The van der Waals surface area contributed by atoms with Gasteiger partial charge in [0.1, 0.15) is 5.75 Å². The van der Waals surface area contributed by atoms with E-state index in [-0.39, 0.29) is 18.9 Å². The third-order valence-corrected chi connectivity index (χ3v) is 1.88. The zero-order valence-electron chi connectivity index (χ0n) is 8.38. The Bertz CT molecular complexity index is 323. The third-order valence-electron chi connectivity index (χ3n) is 1.88. The van der Waals surface area contributed by atoms with Crippen molar-refractivity contribution in [3.05, 3.63) is 24.3 Å². The number of anilines is 1. The Kier molecular flexibility index (Phi) is 3.93. The highest BCUT2D eigenvalue weighted by molar-refractivity contribution is 5.87. The molecule has 0 spiro atoms. The first-order valence-corrected chi connectivity index (χ1v) is 4.44. The number of hydrogen-bond donors (Lipinski definition) is 2. The van der Waals surface area contributed by atoms with Crippen molar-refractivity contribution in [3.8, 4) is 5.75 Å². The van der Waals surface area contributed by atoms with Gasteiger partial charge in [-0.15, -0.1) is 0 Å². The molecule has 0 unspecified atom stereocenters. The van der Waals surface area contributed by atoms with Crippen LogP contribution in [0.5, 0.6) is 5.75 Å². The first-order valence-electron chi connectivity index (χ1n) is 4.44. The number of hydrogen-bond acceptors (Lipinski definition) is 4. The van der Waals surface area contributed by atoms with Crippen LogP contribution < -0.4 is 4.90 Å². The van der Waals surface area contributed by atoms with Crippen molar-refractivity contribution in [1.29, 1.82) is 0 Å². The van der Waals surface area contributed by atoms with Gasteiger partial charge in [0.2, 0.25) is 0 Å². The quantitative estimate of drug-likeness (QED) is 0.781. The smallest absolute Gasteiger partial charge is 0.414 e. The molecular formula is C10H13NO4. The van der Waals surface area contributed by atoms with Gasteiger partial charge in [0.25, 0.3) is 0 Å². The number of nitrogens with zero attached hydrogens (tertiary/aromatic N) is 1. The van der Waals surface area contributed by atoms with Crippen LogP contribution in [-0.4, -0.2) is 36.6 Å². The second-order valence-electron chi connectivity index (χ2n) is 2.86. The molecule has 0 saturated heterocycles. The molecule has 0 aliphatic carbocycles. The second-order valence-corrected chi connectivity index (χ2v) is 2.86. The number of carbonyl (C=O) groups is 1. The summed E-state index contributed by atoms with van der Waals surface area (Å²) in [5, 5.41) is 17.9. The first kappa shape index (κ1) is 11.3. The van der Waals surface area contributed by atoms with Gasteiger partial charge in [0, 0.05) is 5.69 Å². The molecule has 5 heteroatoms. The van der Waals surface area contributed by atoms with Crippen molar-refractivity contribution >= 4 is 11.8 Å². The Balaban J connectivity index is 2.88. The van der Waals surface area contributed by atoms with Crippen LogP contribution in [0.2, 0.25) is 0 Å². The zero-order valence-corrected chi connectivity index (χ0v) is 8.38. The largest absolute Gasteiger partial charge is 0.508 e. The molecule has 5 nitrogen and oxygen atoms in total. The lowest BCUT2D eigenvalue weighted by Crippen LogP contribution is -2.33. The standard InChI is InChI=1S/C10H13NO4/c1-15-10(14)11(6-7-12)8-2-4-9(13)5-3-8/h2-5,12-13H,6-7H2,1H3. The molecule has 0 saturated carbocycles. The fourth-order valence-electron chi connectivity index (χ4n) is 1.17. The lowest BCUT2D eigenvalue weighted by atomic mass is 10.3. The lowest BCUT2D eigenvalue weighted by Gasteiger charge is -2.19. The van der Waals surface area contributed by atoms with Crippen LogP contribution in [-0.2, 0) is 4.74 Å². The maximum absolute atomic E-state index is 11.3. The van der Waals surface area contributed by atoms with E-state index >= 15 is 0 Å². The Morgan fingerprint density at radius 2 is 2.00 bits per heavy atom. The Morgan fingerprint density at radius 3 is 2.47 bits per heavy atom. The molecule has 0 atom stereocenters. The fraction of sp³-hybridized carbons (Fsp3) is 0.300. The van der Waals surface area contributed by atoms with E-state index in [2.05, 4.69) is 4.74 Å². The van der Waals surface area contributed by atoms with E-state index in [4.69, 9.17) is 10.2 Å². The van der Waals surface area contributed by atoms with Crippen molar-refractivity contribution in [2.75, 3.05) is 25.2 Å². The molecule has 0 heterocycles. The van der Waals surface area contributed by atoms with Crippen molar-refractivity contribution < 1.29 is 19.7 Å². The van der Waals surface area contributed by atoms with Crippen molar-refractivity contribution in [3.63, 3.8) is 0 Å². The molecule has 2 N–H and O–H groups in total. The Hall–Kier alpha value is -1.75. The van der Waals surface area contributed by atoms with Crippen LogP contribution in [0, 0.1) is 0 Å². The summed E-state index contributed by atoms with van der Waals surface area (Å²) in [5.41, 5.74) is 0.564. The van der Waals surface area contributed by atoms with E-state index in [1.807, 2.05) is 0 Å². The van der Waals surface area contributed by atoms with E-state index in [9.17, 15) is 4.79 Å². The number of benzene rings is 1. The zero-order chi connectivity index (χ0) is 11.3. The molecule has 0 bridgehead atoms. The predicted molar refractivity (Wildman–Crippen MR) is 54.9 cm³/mol. The van der Waals surface area contributed by atoms with Crippen LogP contribution in [0.15, 0.2) is 24.3 Å². The van der Waals surface area contributed by atoms with Gasteiger partial charge in [0.15, 0.2) is 0 Å². The Morgan fingerprint density at radius 1 is 1.40 bits per heavy atom. The molecule has 0 fully saturated rings. The SMILES string of the molecule is COC(=O)N(CCO)c1ccc(O)cc1. The van der Waals surface area contributed by atoms with Crippen molar-refractivity contribution in [2.24, 2.45) is 0 Å². The monoisotopic (exact) mass is 211 g/mol. The summed E-state index contributed by atoms with van der Waals surface area (Å²) in [6.45, 7) is -0.00652. The molecule has 0 aliphatic heterocycles. The van der Waals surface area contributed by atoms with Gasteiger partial charge >= 0.3 is 6.09 Å². The van der Waals surface area contributed by atoms with Gasteiger partial charge in [-0.2, -0.15) is 0 Å². The summed E-state index contributed by atoms with van der Waals surface area (Å²) in [7, 11) is 1.27. The summed E-state index contributed by atoms with van der Waals surface area (Å²) in [6, 6.07) is 6.06. The minimum absolute atomic E-state index is 0.118. The molecule has 1 amide bonds. The number of aromatic hydroxyl groups is 1.